The molecule has 4 bridgehead atoms. The van der Waals surface area contributed by atoms with Crippen molar-refractivity contribution in [3.8, 4) is 0 Å². The highest BCUT2D eigenvalue weighted by molar-refractivity contribution is 5.90. The van der Waals surface area contributed by atoms with Gasteiger partial charge in [0, 0.05) is 18.5 Å². The average molecular weight is 390 g/mol. The lowest BCUT2D eigenvalue weighted by molar-refractivity contribution is -0.151. The van der Waals surface area contributed by atoms with Crippen LogP contribution in [0.15, 0.2) is 0 Å². The summed E-state index contributed by atoms with van der Waals surface area (Å²) in [5.74, 6) is 3.34. The van der Waals surface area contributed by atoms with Crippen LogP contribution in [0.3, 0.4) is 0 Å². The highest BCUT2D eigenvalue weighted by atomic mass is 16.2. The summed E-state index contributed by atoms with van der Waals surface area (Å²) >= 11 is 0. The third-order valence-corrected chi connectivity index (χ3v) is 8.16. The van der Waals surface area contributed by atoms with E-state index in [0.717, 1.165) is 69.5 Å². The maximum Gasteiger partial charge on any atom is 0.245 e. The van der Waals surface area contributed by atoms with Crippen molar-refractivity contribution in [2.24, 2.45) is 35.0 Å². The van der Waals surface area contributed by atoms with Crippen LogP contribution in [0, 0.1) is 35.0 Å². The molecule has 5 nitrogen and oxygen atoms in total. The predicted molar refractivity (Wildman–Crippen MR) is 111 cm³/mol. The van der Waals surface area contributed by atoms with Gasteiger partial charge >= 0.3 is 0 Å². The van der Waals surface area contributed by atoms with Crippen LogP contribution < -0.4 is 10.6 Å². The Morgan fingerprint density at radius 2 is 1.54 bits per heavy atom. The molecule has 0 aromatic heterocycles. The summed E-state index contributed by atoms with van der Waals surface area (Å²) in [6.07, 6.45) is 9.28. The van der Waals surface area contributed by atoms with Crippen LogP contribution in [-0.2, 0) is 9.59 Å². The van der Waals surface area contributed by atoms with Gasteiger partial charge in [0.1, 0.15) is 6.04 Å². The summed E-state index contributed by atoms with van der Waals surface area (Å²) in [5, 5.41) is 6.52. The monoisotopic (exact) mass is 389 g/mol. The molecule has 0 aromatic carbocycles. The largest absolute Gasteiger partial charge is 0.344 e. The topological polar surface area (TPSA) is 61.4 Å². The van der Waals surface area contributed by atoms with Gasteiger partial charge in [0.05, 0.1) is 0 Å². The molecular formula is C23H39N3O2. The second-order valence-electron chi connectivity index (χ2n) is 10.7. The summed E-state index contributed by atoms with van der Waals surface area (Å²) in [4.78, 5) is 28.7. The molecule has 4 aliphatic carbocycles. The smallest absolute Gasteiger partial charge is 0.245 e. The molecule has 28 heavy (non-hydrogen) atoms. The number of likely N-dealkylation sites (tertiary alicyclic amines) is 1. The Morgan fingerprint density at radius 3 is 2.00 bits per heavy atom. The minimum absolute atomic E-state index is 0.125. The molecule has 5 rings (SSSR count). The van der Waals surface area contributed by atoms with Crippen molar-refractivity contribution in [2.45, 2.75) is 71.3 Å². The molecule has 2 N–H and O–H groups in total. The molecule has 1 aliphatic heterocycles. The van der Waals surface area contributed by atoms with Crippen LogP contribution in [0.4, 0.5) is 0 Å². The number of piperidine rings is 1. The van der Waals surface area contributed by atoms with Crippen molar-refractivity contribution in [3.63, 3.8) is 0 Å². The van der Waals surface area contributed by atoms with E-state index in [-0.39, 0.29) is 29.2 Å². The molecule has 5 aliphatic rings. The van der Waals surface area contributed by atoms with Gasteiger partial charge in [0.25, 0.3) is 0 Å². The standard InChI is InChI=1S/C23H39N3O2/c1-15(2)20(21(27)26-6-4-16(5-7-26)14-24-3)25-22(28)23-11-17-8-18(12-23)10-19(9-17)13-23/h15-20,24H,4-14H2,1-3H3,(H,25,28). The Morgan fingerprint density at radius 1 is 1.00 bits per heavy atom. The number of nitrogens with zero attached hydrogens (tertiary/aromatic N) is 1. The van der Waals surface area contributed by atoms with Gasteiger partial charge in [0.2, 0.25) is 11.8 Å². The SMILES string of the molecule is CNCC1CCN(C(=O)C(NC(=O)C23CC4CC(CC(C4)C2)C3)C(C)C)CC1. The predicted octanol–water partition coefficient (Wildman–Crippen LogP) is 2.80. The number of nitrogens with one attached hydrogen (secondary N) is 2. The summed E-state index contributed by atoms with van der Waals surface area (Å²) in [5.41, 5.74) is -0.179. The summed E-state index contributed by atoms with van der Waals surface area (Å²) in [6.45, 7) is 6.80. The van der Waals surface area contributed by atoms with Crippen molar-refractivity contribution in [1.29, 1.82) is 0 Å². The van der Waals surface area contributed by atoms with E-state index in [1.165, 1.54) is 19.3 Å². The third-order valence-electron chi connectivity index (χ3n) is 8.16. The van der Waals surface area contributed by atoms with E-state index in [9.17, 15) is 9.59 Å². The van der Waals surface area contributed by atoms with Crippen LogP contribution >= 0.6 is 0 Å². The van der Waals surface area contributed by atoms with Gasteiger partial charge < -0.3 is 15.5 Å². The Hall–Kier alpha value is -1.10. The highest BCUT2D eigenvalue weighted by Crippen LogP contribution is 2.60. The third kappa shape index (κ3) is 3.83. The second kappa shape index (κ2) is 7.97. The number of hydrogen-bond acceptors (Lipinski definition) is 3. The first kappa shape index (κ1) is 20.2. The van der Waals surface area contributed by atoms with Gasteiger partial charge in [-0.3, -0.25) is 9.59 Å². The summed E-state index contributed by atoms with van der Waals surface area (Å²) in [7, 11) is 1.99. The zero-order chi connectivity index (χ0) is 19.9. The normalized spacial score (nSPS) is 36.0. The van der Waals surface area contributed by atoms with E-state index in [1.54, 1.807) is 0 Å². The molecule has 0 radical (unpaired) electrons. The van der Waals surface area contributed by atoms with E-state index in [1.807, 2.05) is 11.9 Å². The summed E-state index contributed by atoms with van der Waals surface area (Å²) < 4.78 is 0. The zero-order valence-electron chi connectivity index (χ0n) is 18.0. The van der Waals surface area contributed by atoms with Gasteiger partial charge in [-0.15, -0.1) is 0 Å². The van der Waals surface area contributed by atoms with E-state index in [0.29, 0.717) is 5.92 Å². The number of carbonyl (C=O) groups excluding carboxylic acids is 2. The Balaban J connectivity index is 1.40. The summed E-state index contributed by atoms with van der Waals surface area (Å²) in [6, 6.07) is -0.374. The maximum absolute atomic E-state index is 13.4. The first-order chi connectivity index (χ1) is 13.4. The lowest BCUT2D eigenvalue weighted by atomic mass is 9.49. The van der Waals surface area contributed by atoms with Gasteiger partial charge in [-0.05, 0) is 94.5 Å². The van der Waals surface area contributed by atoms with E-state index in [2.05, 4.69) is 24.5 Å². The zero-order valence-corrected chi connectivity index (χ0v) is 18.0. The van der Waals surface area contributed by atoms with Gasteiger partial charge in [-0.25, -0.2) is 0 Å². The van der Waals surface area contributed by atoms with Gasteiger partial charge in [0.15, 0.2) is 0 Å². The number of amides is 2. The van der Waals surface area contributed by atoms with Crippen molar-refractivity contribution in [2.75, 3.05) is 26.7 Å². The fourth-order valence-corrected chi connectivity index (χ4v) is 7.04. The second-order valence-corrected chi connectivity index (χ2v) is 10.7. The minimum atomic E-state index is -0.374. The number of carbonyl (C=O) groups is 2. The quantitative estimate of drug-likeness (QED) is 0.734. The first-order valence-corrected chi connectivity index (χ1v) is 11.6. The van der Waals surface area contributed by atoms with Crippen LogP contribution in [0.25, 0.3) is 0 Å². The molecule has 5 fully saturated rings. The van der Waals surface area contributed by atoms with Crippen LogP contribution in [0.1, 0.15) is 65.2 Å². The maximum atomic E-state index is 13.4. The van der Waals surface area contributed by atoms with Crippen molar-refractivity contribution < 1.29 is 9.59 Å². The molecular weight excluding hydrogens is 350 g/mol. The molecule has 4 saturated carbocycles. The molecule has 1 unspecified atom stereocenters. The molecule has 5 heteroatoms. The van der Waals surface area contributed by atoms with E-state index >= 15 is 0 Å². The molecule has 2 amide bonds. The fraction of sp³-hybridized carbons (Fsp3) is 0.913. The number of hydrogen-bond donors (Lipinski definition) is 2. The minimum Gasteiger partial charge on any atom is -0.344 e. The molecule has 158 valence electrons. The molecule has 0 spiro atoms. The van der Waals surface area contributed by atoms with Crippen molar-refractivity contribution >= 4 is 11.8 Å². The molecule has 1 saturated heterocycles. The van der Waals surface area contributed by atoms with Crippen molar-refractivity contribution in [1.82, 2.24) is 15.5 Å². The van der Waals surface area contributed by atoms with E-state index in [4.69, 9.17) is 0 Å². The van der Waals surface area contributed by atoms with Crippen LogP contribution in [0.2, 0.25) is 0 Å². The van der Waals surface area contributed by atoms with Crippen LogP contribution in [-0.4, -0.2) is 49.4 Å². The van der Waals surface area contributed by atoms with Crippen LogP contribution in [0.5, 0.6) is 0 Å². The van der Waals surface area contributed by atoms with Gasteiger partial charge in [-0.1, -0.05) is 13.8 Å². The molecule has 1 atom stereocenters. The highest BCUT2D eigenvalue weighted by Gasteiger charge is 2.55. The van der Waals surface area contributed by atoms with Crippen molar-refractivity contribution in [3.05, 3.63) is 0 Å². The average Bonchev–Trinajstić information content (AvgIpc) is 2.65. The van der Waals surface area contributed by atoms with E-state index < -0.39 is 0 Å². The number of rotatable bonds is 6. The molecule has 1 heterocycles. The first-order valence-electron chi connectivity index (χ1n) is 11.6. The lowest BCUT2D eigenvalue weighted by Crippen LogP contribution is -2.59. The Bertz CT molecular complexity index is 559. The Kier molecular flexibility index (Phi) is 5.74. The molecule has 0 aromatic rings. The van der Waals surface area contributed by atoms with Gasteiger partial charge in [-0.2, -0.15) is 0 Å². The Labute approximate surface area is 170 Å². The fourth-order valence-electron chi connectivity index (χ4n) is 7.04. The lowest BCUT2D eigenvalue weighted by Gasteiger charge is -2.56.